The number of nitrogens with one attached hydrogen (secondary N) is 3. The molecule has 2 heterocycles. The van der Waals surface area contributed by atoms with Gasteiger partial charge < -0.3 is 36.2 Å². The molecule has 6 amide bonds. The molecule has 0 radical (unpaired) electrons. The van der Waals surface area contributed by atoms with Crippen LogP contribution >= 0.6 is 0 Å². The average molecular weight is 709 g/mol. The number of likely N-dealkylation sites (tertiary alicyclic amines) is 2. The third-order valence-corrected chi connectivity index (χ3v) is 11.1. The maximum absolute atomic E-state index is 14.5. The Kier molecular flexibility index (Phi) is 10.3. The van der Waals surface area contributed by atoms with Crippen molar-refractivity contribution in [1.82, 2.24) is 25.8 Å². The van der Waals surface area contributed by atoms with Gasteiger partial charge in [0.05, 0.1) is 5.54 Å². The Bertz CT molecular complexity index is 1550. The Labute approximate surface area is 301 Å². The van der Waals surface area contributed by atoms with Crippen LogP contribution in [-0.4, -0.2) is 94.3 Å². The summed E-state index contributed by atoms with van der Waals surface area (Å²) < 4.78 is 5.68. The third-order valence-electron chi connectivity index (χ3n) is 11.1. The highest BCUT2D eigenvalue weighted by molar-refractivity contribution is 6.38. The summed E-state index contributed by atoms with van der Waals surface area (Å²) in [5, 5.41) is 8.93. The van der Waals surface area contributed by atoms with E-state index in [1.165, 1.54) is 4.90 Å². The van der Waals surface area contributed by atoms with Gasteiger partial charge in [0.1, 0.15) is 23.7 Å². The Morgan fingerprint density at radius 3 is 2.20 bits per heavy atom. The second-order valence-corrected chi connectivity index (χ2v) is 17.8. The molecule has 280 valence electrons. The molecule has 4 aliphatic rings. The minimum absolute atomic E-state index is 0.0630. The van der Waals surface area contributed by atoms with Crippen LogP contribution in [0.4, 0.5) is 9.59 Å². The van der Waals surface area contributed by atoms with E-state index in [0.29, 0.717) is 45.2 Å². The minimum atomic E-state index is -1.10. The molecule has 2 unspecified atom stereocenters. The molecule has 1 aromatic carbocycles. The quantitative estimate of drug-likeness (QED) is 0.270. The maximum Gasteiger partial charge on any atom is 0.410 e. The van der Waals surface area contributed by atoms with E-state index >= 15 is 0 Å². The van der Waals surface area contributed by atoms with Gasteiger partial charge >= 0.3 is 12.1 Å². The lowest BCUT2D eigenvalue weighted by molar-refractivity contribution is -0.145. The van der Waals surface area contributed by atoms with E-state index in [4.69, 9.17) is 10.5 Å². The molecule has 51 heavy (non-hydrogen) atoms. The second kappa shape index (κ2) is 13.8. The van der Waals surface area contributed by atoms with Crippen molar-refractivity contribution in [2.45, 2.75) is 117 Å². The van der Waals surface area contributed by atoms with E-state index in [-0.39, 0.29) is 29.7 Å². The van der Waals surface area contributed by atoms with Crippen LogP contribution in [0.1, 0.15) is 86.6 Å². The van der Waals surface area contributed by atoms with Gasteiger partial charge in [-0.1, -0.05) is 65.0 Å². The Morgan fingerprint density at radius 2 is 1.63 bits per heavy atom. The molecule has 5 rings (SSSR count). The van der Waals surface area contributed by atoms with Crippen LogP contribution < -0.4 is 21.7 Å². The van der Waals surface area contributed by atoms with Gasteiger partial charge in [0.15, 0.2) is 0 Å². The minimum Gasteiger partial charge on any atom is -0.444 e. The van der Waals surface area contributed by atoms with Crippen LogP contribution in [0.5, 0.6) is 0 Å². The predicted molar refractivity (Wildman–Crippen MR) is 190 cm³/mol. The standard InChI is InChI=1S/C38H56N6O7/c1-35(2,3)29(32(48)44-20-24-25(37(24,7)8)27(44)31(47)40-26(23-15-16-23)28(45)30(39)46)41-33(49)42-38(19-22-13-10-9-11-14-22)17-12-18-43(21-38)34(50)51-36(4,5)6/h9-11,13-14,23-27,29H,12,15-21H2,1-8H3,(H2,39,46)(H,40,47)(H2,41,42,49)/t24-,25-,26?,27-,29+,38?/m0/s1. The number of primary amides is 1. The van der Waals surface area contributed by atoms with Crippen LogP contribution in [0, 0.1) is 28.6 Å². The summed E-state index contributed by atoms with van der Waals surface area (Å²) in [7, 11) is 0. The van der Waals surface area contributed by atoms with Crippen LogP contribution in [0.25, 0.3) is 0 Å². The Balaban J connectivity index is 1.36. The molecular formula is C38H56N6O7. The molecule has 2 saturated carbocycles. The number of benzene rings is 1. The molecule has 6 atom stereocenters. The number of carbonyl (C=O) groups is 6. The highest BCUT2D eigenvalue weighted by Gasteiger charge is 2.70. The summed E-state index contributed by atoms with van der Waals surface area (Å²) in [4.78, 5) is 83.3. The van der Waals surface area contributed by atoms with Crippen molar-refractivity contribution in [2.75, 3.05) is 19.6 Å². The predicted octanol–water partition coefficient (Wildman–Crippen LogP) is 3.14. The van der Waals surface area contributed by atoms with Crippen molar-refractivity contribution >= 4 is 35.6 Å². The number of amides is 6. The van der Waals surface area contributed by atoms with Crippen molar-refractivity contribution in [3.05, 3.63) is 35.9 Å². The molecule has 2 saturated heterocycles. The number of Topliss-reactive ketones (excluding diaryl/α,β-unsaturated/α-hetero) is 1. The molecule has 0 bridgehead atoms. The summed E-state index contributed by atoms with van der Waals surface area (Å²) in [6.07, 6.45) is 2.63. The lowest BCUT2D eigenvalue weighted by Gasteiger charge is -2.44. The van der Waals surface area contributed by atoms with E-state index in [0.717, 1.165) is 5.56 Å². The van der Waals surface area contributed by atoms with Gasteiger partial charge in [0.2, 0.25) is 17.6 Å². The third kappa shape index (κ3) is 8.49. The van der Waals surface area contributed by atoms with E-state index in [1.54, 1.807) is 4.90 Å². The number of ether oxygens (including phenoxy) is 1. The van der Waals surface area contributed by atoms with Crippen LogP contribution in [0.15, 0.2) is 30.3 Å². The summed E-state index contributed by atoms with van der Waals surface area (Å²) >= 11 is 0. The molecule has 2 aliphatic heterocycles. The summed E-state index contributed by atoms with van der Waals surface area (Å²) in [5.74, 6) is -3.07. The van der Waals surface area contributed by atoms with E-state index < -0.39 is 70.3 Å². The smallest absolute Gasteiger partial charge is 0.410 e. The van der Waals surface area contributed by atoms with Gasteiger partial charge in [-0.05, 0) is 87.0 Å². The van der Waals surface area contributed by atoms with Crippen molar-refractivity contribution in [2.24, 2.45) is 34.3 Å². The van der Waals surface area contributed by atoms with Gasteiger partial charge in [-0.2, -0.15) is 0 Å². The number of nitrogens with zero attached hydrogens (tertiary/aromatic N) is 2. The van der Waals surface area contributed by atoms with Gasteiger partial charge in [-0.25, -0.2) is 9.59 Å². The average Bonchev–Trinajstić information content (AvgIpc) is 3.90. The fraction of sp³-hybridized carbons (Fsp3) is 0.684. The molecule has 2 aliphatic carbocycles. The van der Waals surface area contributed by atoms with E-state index in [1.807, 2.05) is 71.9 Å². The first-order valence-corrected chi connectivity index (χ1v) is 18.2. The normalized spacial score (nSPS) is 26.6. The number of nitrogens with two attached hydrogens (primary N) is 1. The first kappa shape index (κ1) is 38.1. The van der Waals surface area contributed by atoms with Crippen molar-refractivity contribution in [1.29, 1.82) is 0 Å². The lowest BCUT2D eigenvalue weighted by Crippen LogP contribution is -2.66. The molecular weight excluding hydrogens is 652 g/mol. The Hall–Kier alpha value is -4.16. The number of urea groups is 1. The highest BCUT2D eigenvalue weighted by Crippen LogP contribution is 2.65. The molecule has 1 aromatic rings. The number of piperidine rings is 2. The number of fused-ring (bicyclic) bond motifs is 1. The van der Waals surface area contributed by atoms with Crippen molar-refractivity contribution in [3.63, 3.8) is 0 Å². The zero-order valence-electron chi connectivity index (χ0n) is 31.3. The van der Waals surface area contributed by atoms with Gasteiger partial charge in [-0.3, -0.25) is 19.2 Å². The number of hydrogen-bond acceptors (Lipinski definition) is 7. The topological polar surface area (TPSA) is 180 Å². The van der Waals surface area contributed by atoms with Gasteiger partial charge in [-0.15, -0.1) is 0 Å². The summed E-state index contributed by atoms with van der Waals surface area (Å²) in [6, 6.07) is 6.26. The second-order valence-electron chi connectivity index (χ2n) is 17.8. The first-order valence-electron chi connectivity index (χ1n) is 18.2. The number of ketones is 1. The summed E-state index contributed by atoms with van der Waals surface area (Å²) in [6.45, 7) is 16.1. The molecule has 13 nitrogen and oxygen atoms in total. The SMILES string of the molecule is CC(C)(C)OC(=O)N1CCCC(Cc2ccccc2)(NC(=O)N[C@H](C(=O)N2C[C@H]3[C@@H]([C@H]2C(=O)NC(C(=O)C(N)=O)C2CC2)C3(C)C)C(C)(C)C)C1. The zero-order valence-corrected chi connectivity index (χ0v) is 31.3. The van der Waals surface area contributed by atoms with Gasteiger partial charge in [0, 0.05) is 19.6 Å². The molecule has 4 fully saturated rings. The van der Waals surface area contributed by atoms with Crippen molar-refractivity contribution in [3.8, 4) is 0 Å². The van der Waals surface area contributed by atoms with E-state index in [2.05, 4.69) is 29.8 Å². The monoisotopic (exact) mass is 708 g/mol. The fourth-order valence-corrected chi connectivity index (χ4v) is 8.15. The number of rotatable bonds is 10. The van der Waals surface area contributed by atoms with Crippen molar-refractivity contribution < 1.29 is 33.5 Å². The molecule has 0 spiro atoms. The molecule has 0 aromatic heterocycles. The lowest BCUT2D eigenvalue weighted by atomic mass is 9.83. The number of hydrogen-bond donors (Lipinski definition) is 4. The highest BCUT2D eigenvalue weighted by atomic mass is 16.6. The van der Waals surface area contributed by atoms with E-state index in [9.17, 15) is 28.8 Å². The number of carbonyl (C=O) groups excluding carboxylic acids is 6. The van der Waals surface area contributed by atoms with Crippen LogP contribution in [0.2, 0.25) is 0 Å². The largest absolute Gasteiger partial charge is 0.444 e. The van der Waals surface area contributed by atoms with Crippen LogP contribution in [-0.2, 0) is 30.3 Å². The molecule has 13 heteroatoms. The Morgan fingerprint density at radius 1 is 0.980 bits per heavy atom. The fourth-order valence-electron chi connectivity index (χ4n) is 8.15. The molecule has 5 N–H and O–H groups in total. The first-order chi connectivity index (χ1) is 23.6. The zero-order chi connectivity index (χ0) is 37.7. The van der Waals surface area contributed by atoms with Gasteiger partial charge in [0.25, 0.3) is 5.91 Å². The van der Waals surface area contributed by atoms with Crippen LogP contribution in [0.3, 0.4) is 0 Å². The summed E-state index contributed by atoms with van der Waals surface area (Å²) in [5.41, 5.74) is 3.81. The maximum atomic E-state index is 14.5.